The number of benzene rings is 3. The third kappa shape index (κ3) is 3.68. The summed E-state index contributed by atoms with van der Waals surface area (Å²) in [7, 11) is 0. The predicted molar refractivity (Wildman–Crippen MR) is 113 cm³/mol. The average molecular weight is 353 g/mol. The highest BCUT2D eigenvalue weighted by Gasteiger charge is 2.14. The average Bonchev–Trinajstić information content (AvgIpc) is 2.68. The minimum atomic E-state index is 0.0978. The Balaban J connectivity index is 1.81. The molecule has 3 nitrogen and oxygen atoms in total. The van der Waals surface area contributed by atoms with E-state index < -0.39 is 0 Å². The summed E-state index contributed by atoms with van der Waals surface area (Å²) in [5.74, 6) is 1.55. The van der Waals surface area contributed by atoms with E-state index in [9.17, 15) is 0 Å². The van der Waals surface area contributed by atoms with Crippen molar-refractivity contribution in [3.8, 4) is 11.4 Å². The van der Waals surface area contributed by atoms with Crippen molar-refractivity contribution >= 4 is 22.4 Å². The Kier molecular flexibility index (Phi) is 4.36. The van der Waals surface area contributed by atoms with Gasteiger partial charge in [-0.2, -0.15) is 0 Å². The van der Waals surface area contributed by atoms with Gasteiger partial charge in [0.15, 0.2) is 5.82 Å². The van der Waals surface area contributed by atoms with Crippen molar-refractivity contribution in [1.29, 1.82) is 0 Å². The minimum absolute atomic E-state index is 0.0978. The minimum Gasteiger partial charge on any atom is -0.340 e. The molecule has 0 fully saturated rings. The molecule has 134 valence electrons. The molecule has 0 bridgehead atoms. The molecule has 0 aliphatic rings. The normalized spacial score (nSPS) is 11.5. The van der Waals surface area contributed by atoms with Crippen molar-refractivity contribution in [3.05, 3.63) is 84.4 Å². The van der Waals surface area contributed by atoms with E-state index in [0.29, 0.717) is 0 Å². The van der Waals surface area contributed by atoms with E-state index in [1.54, 1.807) is 0 Å². The van der Waals surface area contributed by atoms with Crippen LogP contribution in [-0.4, -0.2) is 9.97 Å². The first-order valence-corrected chi connectivity index (χ1v) is 9.20. The van der Waals surface area contributed by atoms with Crippen LogP contribution in [0.15, 0.2) is 78.9 Å². The van der Waals surface area contributed by atoms with Crippen molar-refractivity contribution in [2.24, 2.45) is 0 Å². The van der Waals surface area contributed by atoms with E-state index in [1.165, 1.54) is 5.56 Å². The van der Waals surface area contributed by atoms with Gasteiger partial charge < -0.3 is 5.32 Å². The maximum absolute atomic E-state index is 4.84. The Bertz CT molecular complexity index is 1080. The Labute approximate surface area is 160 Å². The molecule has 4 rings (SSSR count). The lowest BCUT2D eigenvalue weighted by molar-refractivity contribution is 0.590. The summed E-state index contributed by atoms with van der Waals surface area (Å²) >= 11 is 0. The quantitative estimate of drug-likeness (QED) is 0.467. The van der Waals surface area contributed by atoms with Crippen LogP contribution in [0.3, 0.4) is 0 Å². The molecule has 0 spiro atoms. The number of nitrogens with one attached hydrogen (secondary N) is 1. The Morgan fingerprint density at radius 2 is 1.48 bits per heavy atom. The summed E-state index contributed by atoms with van der Waals surface area (Å²) in [6.07, 6.45) is 0. The van der Waals surface area contributed by atoms with E-state index in [0.717, 1.165) is 33.8 Å². The molecule has 0 saturated heterocycles. The van der Waals surface area contributed by atoms with Crippen LogP contribution >= 0.6 is 0 Å². The molecular weight excluding hydrogens is 330 g/mol. The molecule has 0 unspecified atom stereocenters. The SMILES string of the molecule is CC(C)(C)c1cccc(Nc2nc(-c3ccccc3)nc3ccccc23)c1. The fourth-order valence-corrected chi connectivity index (χ4v) is 3.09. The Morgan fingerprint density at radius 3 is 2.26 bits per heavy atom. The number of hydrogen-bond donors (Lipinski definition) is 1. The molecule has 0 aliphatic carbocycles. The van der Waals surface area contributed by atoms with E-state index >= 15 is 0 Å². The lowest BCUT2D eigenvalue weighted by Crippen LogP contribution is -2.11. The molecule has 1 N–H and O–H groups in total. The first-order chi connectivity index (χ1) is 13.0. The highest BCUT2D eigenvalue weighted by Crippen LogP contribution is 2.29. The second-order valence-electron chi connectivity index (χ2n) is 7.73. The molecule has 3 aromatic carbocycles. The molecule has 3 heteroatoms. The zero-order valence-corrected chi connectivity index (χ0v) is 15.9. The lowest BCUT2D eigenvalue weighted by Gasteiger charge is -2.20. The summed E-state index contributed by atoms with van der Waals surface area (Å²) < 4.78 is 0. The zero-order valence-electron chi connectivity index (χ0n) is 15.9. The number of hydrogen-bond acceptors (Lipinski definition) is 3. The highest BCUT2D eigenvalue weighted by molar-refractivity contribution is 5.92. The van der Waals surface area contributed by atoms with Crippen LogP contribution in [0.2, 0.25) is 0 Å². The van der Waals surface area contributed by atoms with E-state index in [1.807, 2.05) is 48.5 Å². The summed E-state index contributed by atoms with van der Waals surface area (Å²) in [4.78, 5) is 9.59. The van der Waals surface area contributed by atoms with Gasteiger partial charge in [0.25, 0.3) is 0 Å². The number of rotatable bonds is 3. The van der Waals surface area contributed by atoms with Crippen LogP contribution < -0.4 is 5.32 Å². The number of anilines is 2. The van der Waals surface area contributed by atoms with Gasteiger partial charge in [-0.1, -0.05) is 75.4 Å². The van der Waals surface area contributed by atoms with Crippen LogP contribution in [-0.2, 0) is 5.41 Å². The number of nitrogens with zero attached hydrogens (tertiary/aromatic N) is 2. The van der Waals surface area contributed by atoms with Gasteiger partial charge in [-0.15, -0.1) is 0 Å². The maximum Gasteiger partial charge on any atom is 0.162 e. The molecule has 1 aromatic heterocycles. The van der Waals surface area contributed by atoms with Crippen LogP contribution in [0.25, 0.3) is 22.3 Å². The molecule has 0 saturated carbocycles. The summed E-state index contributed by atoms with van der Waals surface area (Å²) in [6.45, 7) is 6.67. The van der Waals surface area contributed by atoms with Crippen molar-refractivity contribution in [1.82, 2.24) is 9.97 Å². The number of para-hydroxylation sites is 1. The first kappa shape index (κ1) is 17.2. The van der Waals surface area contributed by atoms with Crippen molar-refractivity contribution < 1.29 is 0 Å². The molecule has 4 aromatic rings. The maximum atomic E-state index is 4.84. The molecule has 0 atom stereocenters. The van der Waals surface area contributed by atoms with Crippen LogP contribution in [0, 0.1) is 0 Å². The van der Waals surface area contributed by atoms with Gasteiger partial charge in [0.2, 0.25) is 0 Å². The van der Waals surface area contributed by atoms with Gasteiger partial charge >= 0.3 is 0 Å². The summed E-state index contributed by atoms with van der Waals surface area (Å²) in [6, 6.07) is 26.7. The van der Waals surface area contributed by atoms with Crippen molar-refractivity contribution in [2.45, 2.75) is 26.2 Å². The van der Waals surface area contributed by atoms with E-state index in [-0.39, 0.29) is 5.41 Å². The Morgan fingerprint density at radius 1 is 0.741 bits per heavy atom. The van der Waals surface area contributed by atoms with Gasteiger partial charge in [-0.3, -0.25) is 0 Å². The summed E-state index contributed by atoms with van der Waals surface area (Å²) in [5.41, 5.74) is 4.36. The van der Waals surface area contributed by atoms with Crippen LogP contribution in [0.1, 0.15) is 26.3 Å². The van der Waals surface area contributed by atoms with Gasteiger partial charge in [-0.25, -0.2) is 9.97 Å². The Hall–Kier alpha value is -3.20. The second-order valence-corrected chi connectivity index (χ2v) is 7.73. The molecule has 1 heterocycles. The largest absolute Gasteiger partial charge is 0.340 e. The topological polar surface area (TPSA) is 37.8 Å². The van der Waals surface area contributed by atoms with Crippen molar-refractivity contribution in [2.75, 3.05) is 5.32 Å². The van der Waals surface area contributed by atoms with Crippen LogP contribution in [0.5, 0.6) is 0 Å². The van der Waals surface area contributed by atoms with Crippen LogP contribution in [0.4, 0.5) is 11.5 Å². The van der Waals surface area contributed by atoms with E-state index in [4.69, 9.17) is 9.97 Å². The fourth-order valence-electron chi connectivity index (χ4n) is 3.09. The van der Waals surface area contributed by atoms with Gasteiger partial charge in [0.1, 0.15) is 5.82 Å². The summed E-state index contributed by atoms with van der Waals surface area (Å²) in [5, 5.41) is 4.53. The smallest absolute Gasteiger partial charge is 0.162 e. The fraction of sp³-hybridized carbons (Fsp3) is 0.167. The molecule has 0 amide bonds. The molecule has 27 heavy (non-hydrogen) atoms. The molecule has 0 aliphatic heterocycles. The van der Waals surface area contributed by atoms with Gasteiger partial charge in [-0.05, 0) is 35.2 Å². The number of aromatic nitrogens is 2. The zero-order chi connectivity index (χ0) is 18.9. The number of fused-ring (bicyclic) bond motifs is 1. The van der Waals surface area contributed by atoms with Crippen molar-refractivity contribution in [3.63, 3.8) is 0 Å². The van der Waals surface area contributed by atoms with Gasteiger partial charge in [0, 0.05) is 16.6 Å². The third-order valence-corrected chi connectivity index (χ3v) is 4.63. The second kappa shape index (κ2) is 6.84. The molecular formula is C24H23N3. The first-order valence-electron chi connectivity index (χ1n) is 9.20. The third-order valence-electron chi connectivity index (χ3n) is 4.63. The van der Waals surface area contributed by atoms with Gasteiger partial charge in [0.05, 0.1) is 5.52 Å². The monoisotopic (exact) mass is 353 g/mol. The highest BCUT2D eigenvalue weighted by atomic mass is 15.0. The molecule has 0 radical (unpaired) electrons. The predicted octanol–water partition coefficient (Wildman–Crippen LogP) is 6.34. The lowest BCUT2D eigenvalue weighted by atomic mass is 9.87. The van der Waals surface area contributed by atoms with E-state index in [2.05, 4.69) is 56.4 Å². The standard InChI is InChI=1S/C24H23N3/c1-24(2,3)18-12-9-13-19(16-18)25-23-20-14-7-8-15-21(20)26-22(27-23)17-10-5-4-6-11-17/h4-16H,1-3H3,(H,25,26,27).